The highest BCUT2D eigenvalue weighted by molar-refractivity contribution is 6.25. The van der Waals surface area contributed by atoms with Gasteiger partial charge in [-0.1, -0.05) is 29.8 Å². The molecule has 2 N–H and O–H groups in total. The van der Waals surface area contributed by atoms with E-state index in [1.807, 2.05) is 18.2 Å². The first-order chi connectivity index (χ1) is 3.91. The number of hydrogen-bond acceptors (Lipinski definition) is 1. The number of allylic oxidation sites excluding steroid dienone is 2. The predicted octanol–water partition coefficient (Wildman–Crippen LogP) is 1.64. The topological polar surface area (TPSA) is 26.0 Å². The highest BCUT2D eigenvalue weighted by Crippen LogP contribution is 1.86. The Hall–Kier alpha value is -0.270. The fourth-order valence-corrected chi connectivity index (χ4v) is 0.425. The van der Waals surface area contributed by atoms with Crippen molar-refractivity contribution in [3.63, 3.8) is 0 Å². The molecular formula is C6H10ClN. The third-order valence-electron chi connectivity index (χ3n) is 0.664. The van der Waals surface area contributed by atoms with E-state index in [1.165, 1.54) is 5.54 Å². The van der Waals surface area contributed by atoms with E-state index in [4.69, 9.17) is 17.3 Å². The van der Waals surface area contributed by atoms with E-state index in [0.717, 1.165) is 6.42 Å². The first-order valence-corrected chi connectivity index (χ1v) is 2.95. The first kappa shape index (κ1) is 7.73. The van der Waals surface area contributed by atoms with E-state index in [1.54, 1.807) is 0 Å². The van der Waals surface area contributed by atoms with Crippen molar-refractivity contribution in [3.05, 3.63) is 23.8 Å². The highest BCUT2D eigenvalue weighted by atomic mass is 35.5. The molecule has 0 saturated carbocycles. The Morgan fingerprint density at radius 1 is 1.25 bits per heavy atom. The minimum atomic E-state index is 0.607. The molecular weight excluding hydrogens is 122 g/mol. The Morgan fingerprint density at radius 2 is 2.00 bits per heavy atom. The van der Waals surface area contributed by atoms with Gasteiger partial charge in [0.25, 0.3) is 0 Å². The van der Waals surface area contributed by atoms with E-state index in [2.05, 4.69) is 0 Å². The zero-order valence-electron chi connectivity index (χ0n) is 4.68. The van der Waals surface area contributed by atoms with Crippen LogP contribution in [0.25, 0.3) is 0 Å². The molecule has 0 aliphatic carbocycles. The maximum absolute atomic E-state index is 5.23. The van der Waals surface area contributed by atoms with Crippen molar-refractivity contribution in [3.8, 4) is 0 Å². The van der Waals surface area contributed by atoms with Gasteiger partial charge in [-0.2, -0.15) is 0 Å². The van der Waals surface area contributed by atoms with Crippen LogP contribution in [0.5, 0.6) is 0 Å². The molecule has 0 aliphatic heterocycles. The van der Waals surface area contributed by atoms with E-state index in [-0.39, 0.29) is 0 Å². The molecule has 0 aromatic heterocycles. The van der Waals surface area contributed by atoms with Crippen LogP contribution in [0.1, 0.15) is 6.42 Å². The molecule has 0 fully saturated rings. The second-order valence-electron chi connectivity index (χ2n) is 1.30. The molecule has 0 unspecified atom stereocenters. The lowest BCUT2D eigenvalue weighted by molar-refractivity contribution is 1.23. The Labute approximate surface area is 54.8 Å². The molecule has 0 saturated heterocycles. The van der Waals surface area contributed by atoms with Gasteiger partial charge >= 0.3 is 0 Å². The second-order valence-corrected chi connectivity index (χ2v) is 1.56. The largest absolute Gasteiger partial charge is 0.327 e. The minimum Gasteiger partial charge on any atom is -0.327 e. The molecule has 0 atom stereocenters. The van der Waals surface area contributed by atoms with Gasteiger partial charge in [0.2, 0.25) is 0 Å². The van der Waals surface area contributed by atoms with Crippen LogP contribution in [0.2, 0.25) is 0 Å². The van der Waals surface area contributed by atoms with Crippen LogP contribution in [0.3, 0.4) is 0 Å². The quantitative estimate of drug-likeness (QED) is 0.579. The summed E-state index contributed by atoms with van der Waals surface area (Å²) in [7, 11) is 0. The Morgan fingerprint density at radius 3 is 2.50 bits per heavy atom. The average molecular weight is 132 g/mol. The lowest BCUT2D eigenvalue weighted by Gasteiger charge is -1.77. The number of nitrogens with two attached hydrogens (primary N) is 1. The van der Waals surface area contributed by atoms with Crippen LogP contribution in [0, 0.1) is 0 Å². The zero-order chi connectivity index (χ0) is 6.24. The van der Waals surface area contributed by atoms with E-state index < -0.39 is 0 Å². The van der Waals surface area contributed by atoms with Crippen LogP contribution in [-0.2, 0) is 0 Å². The number of hydrogen-bond donors (Lipinski definition) is 1. The lowest BCUT2D eigenvalue weighted by atomic mass is 10.4. The predicted molar refractivity (Wildman–Crippen MR) is 37.8 cm³/mol. The van der Waals surface area contributed by atoms with Gasteiger partial charge in [-0.25, -0.2) is 0 Å². The summed E-state index contributed by atoms with van der Waals surface area (Å²) >= 11 is 5.23. The maximum Gasteiger partial charge on any atom is 0.0106 e. The Kier molecular flexibility index (Phi) is 6.50. The van der Waals surface area contributed by atoms with Gasteiger partial charge in [0.15, 0.2) is 0 Å². The van der Waals surface area contributed by atoms with Crippen LogP contribution in [0.15, 0.2) is 23.8 Å². The minimum absolute atomic E-state index is 0.607. The molecule has 0 heterocycles. The normalized spacial score (nSPS) is 11.8. The van der Waals surface area contributed by atoms with Crippen molar-refractivity contribution in [2.24, 2.45) is 5.73 Å². The number of rotatable bonds is 3. The fraction of sp³-hybridized carbons (Fsp3) is 0.333. The summed E-state index contributed by atoms with van der Waals surface area (Å²) in [5.41, 5.74) is 6.67. The molecule has 2 heteroatoms. The van der Waals surface area contributed by atoms with Gasteiger partial charge in [-0.15, -0.1) is 0 Å². The standard InChI is InChI=1S/C6H10ClN/c7-5-3-1-2-4-6-8/h2-5H,1,6,8H2. The van der Waals surface area contributed by atoms with E-state index in [0.29, 0.717) is 6.54 Å². The SMILES string of the molecule is NCC=CCC=CCl. The summed E-state index contributed by atoms with van der Waals surface area (Å²) in [5, 5.41) is 0. The van der Waals surface area contributed by atoms with Crippen LogP contribution in [0.4, 0.5) is 0 Å². The maximum atomic E-state index is 5.23. The zero-order valence-corrected chi connectivity index (χ0v) is 5.43. The average Bonchev–Trinajstić information content (AvgIpc) is 1.81. The van der Waals surface area contributed by atoms with Crippen molar-refractivity contribution < 1.29 is 0 Å². The molecule has 0 aromatic carbocycles. The van der Waals surface area contributed by atoms with E-state index in [9.17, 15) is 0 Å². The summed E-state index contributed by atoms with van der Waals surface area (Å²) in [4.78, 5) is 0. The van der Waals surface area contributed by atoms with Gasteiger partial charge < -0.3 is 5.73 Å². The summed E-state index contributed by atoms with van der Waals surface area (Å²) in [6.07, 6.45) is 6.60. The highest BCUT2D eigenvalue weighted by Gasteiger charge is 1.66. The van der Waals surface area contributed by atoms with Crippen molar-refractivity contribution in [1.29, 1.82) is 0 Å². The molecule has 0 aliphatic rings. The Bertz CT molecular complexity index is 86.5. The van der Waals surface area contributed by atoms with Gasteiger partial charge in [-0.05, 0) is 6.42 Å². The third kappa shape index (κ3) is 5.73. The van der Waals surface area contributed by atoms with Crippen molar-refractivity contribution in [2.75, 3.05) is 6.54 Å². The molecule has 8 heavy (non-hydrogen) atoms. The smallest absolute Gasteiger partial charge is 0.0106 e. The summed E-state index contributed by atoms with van der Waals surface area (Å²) in [6, 6.07) is 0. The summed E-state index contributed by atoms with van der Waals surface area (Å²) < 4.78 is 0. The van der Waals surface area contributed by atoms with Crippen LogP contribution < -0.4 is 5.73 Å². The molecule has 0 bridgehead atoms. The molecule has 0 aromatic rings. The molecule has 1 nitrogen and oxygen atoms in total. The van der Waals surface area contributed by atoms with E-state index >= 15 is 0 Å². The molecule has 0 amide bonds. The Balaban J connectivity index is 3.03. The molecule has 0 spiro atoms. The van der Waals surface area contributed by atoms with Gasteiger partial charge in [0.1, 0.15) is 0 Å². The third-order valence-corrected chi connectivity index (χ3v) is 0.842. The van der Waals surface area contributed by atoms with Gasteiger partial charge in [0.05, 0.1) is 0 Å². The monoisotopic (exact) mass is 131 g/mol. The molecule has 46 valence electrons. The summed E-state index contributed by atoms with van der Waals surface area (Å²) in [6.45, 7) is 0.607. The summed E-state index contributed by atoms with van der Waals surface area (Å²) in [5.74, 6) is 0. The lowest BCUT2D eigenvalue weighted by Crippen LogP contribution is -1.91. The fourth-order valence-electron chi connectivity index (χ4n) is 0.322. The van der Waals surface area contributed by atoms with Crippen molar-refractivity contribution in [1.82, 2.24) is 0 Å². The van der Waals surface area contributed by atoms with Gasteiger partial charge in [0, 0.05) is 12.1 Å². The van der Waals surface area contributed by atoms with Crippen molar-refractivity contribution in [2.45, 2.75) is 6.42 Å². The van der Waals surface area contributed by atoms with Crippen molar-refractivity contribution >= 4 is 11.6 Å². The molecule has 0 radical (unpaired) electrons. The second kappa shape index (κ2) is 6.73. The van der Waals surface area contributed by atoms with Gasteiger partial charge in [-0.3, -0.25) is 0 Å². The van der Waals surface area contributed by atoms with Crippen LogP contribution >= 0.6 is 11.6 Å². The molecule has 0 rings (SSSR count). The number of halogens is 1. The van der Waals surface area contributed by atoms with Crippen LogP contribution in [-0.4, -0.2) is 6.54 Å². The first-order valence-electron chi connectivity index (χ1n) is 2.52.